The molecule has 0 saturated carbocycles. The maximum absolute atomic E-state index is 10.5. The first-order chi connectivity index (χ1) is 9.56. The highest BCUT2D eigenvalue weighted by atomic mass is 16.6. The highest BCUT2D eigenvalue weighted by Crippen LogP contribution is 2.14. The maximum Gasteiger partial charge on any atom is 0.287 e. The Kier molecular flexibility index (Phi) is 4.34. The van der Waals surface area contributed by atoms with Gasteiger partial charge in [-0.05, 0) is 38.0 Å². The molecular weight excluding hydrogens is 256 g/mol. The standard InChI is InChI=1S/C14H18N4O2/c1-11(5-6-12-4-3-9-17(12)2)16-14-8-7-13(10-15-14)18(19)20/h3-4,7-11H,5-6H2,1-2H3,(H,15,16)/t11-/m1/s1. The zero-order chi connectivity index (χ0) is 14.5. The lowest BCUT2D eigenvalue weighted by molar-refractivity contribution is -0.385. The first-order valence-electron chi connectivity index (χ1n) is 6.53. The summed E-state index contributed by atoms with van der Waals surface area (Å²) in [6.45, 7) is 2.08. The molecule has 2 heterocycles. The molecule has 1 atom stereocenters. The van der Waals surface area contributed by atoms with Crippen molar-refractivity contribution in [1.29, 1.82) is 0 Å². The van der Waals surface area contributed by atoms with Crippen molar-refractivity contribution < 1.29 is 4.92 Å². The van der Waals surface area contributed by atoms with Gasteiger partial charge in [-0.25, -0.2) is 4.98 Å². The summed E-state index contributed by atoms with van der Waals surface area (Å²) in [7, 11) is 2.03. The number of nitro groups is 1. The largest absolute Gasteiger partial charge is 0.368 e. The van der Waals surface area contributed by atoms with E-state index in [0.717, 1.165) is 12.8 Å². The van der Waals surface area contributed by atoms with Crippen LogP contribution in [-0.4, -0.2) is 20.5 Å². The third-order valence-electron chi connectivity index (χ3n) is 3.24. The van der Waals surface area contributed by atoms with E-state index in [1.165, 1.54) is 18.0 Å². The zero-order valence-corrected chi connectivity index (χ0v) is 11.6. The lowest BCUT2D eigenvalue weighted by atomic mass is 10.1. The summed E-state index contributed by atoms with van der Waals surface area (Å²) in [5.74, 6) is 0.662. The van der Waals surface area contributed by atoms with Gasteiger partial charge in [-0.1, -0.05) is 0 Å². The van der Waals surface area contributed by atoms with Crippen LogP contribution in [0, 0.1) is 10.1 Å². The SMILES string of the molecule is C[C@H](CCc1cccn1C)Nc1ccc([N+](=O)[O-])cn1. The van der Waals surface area contributed by atoms with Crippen LogP contribution in [0.1, 0.15) is 19.0 Å². The van der Waals surface area contributed by atoms with Gasteiger partial charge in [-0.15, -0.1) is 0 Å². The van der Waals surface area contributed by atoms with E-state index in [1.54, 1.807) is 6.07 Å². The van der Waals surface area contributed by atoms with Crippen LogP contribution >= 0.6 is 0 Å². The van der Waals surface area contributed by atoms with Crippen molar-refractivity contribution in [2.75, 3.05) is 5.32 Å². The van der Waals surface area contributed by atoms with Crippen LogP contribution in [0.3, 0.4) is 0 Å². The number of nitrogens with zero attached hydrogens (tertiary/aromatic N) is 3. The molecule has 2 rings (SSSR count). The van der Waals surface area contributed by atoms with Gasteiger partial charge in [-0.2, -0.15) is 0 Å². The summed E-state index contributed by atoms with van der Waals surface area (Å²) >= 11 is 0. The third-order valence-corrected chi connectivity index (χ3v) is 3.24. The number of hydrogen-bond donors (Lipinski definition) is 1. The maximum atomic E-state index is 10.5. The van der Waals surface area contributed by atoms with Gasteiger partial charge in [0.25, 0.3) is 5.69 Å². The molecule has 1 N–H and O–H groups in total. The van der Waals surface area contributed by atoms with Gasteiger partial charge in [0.05, 0.1) is 4.92 Å². The van der Waals surface area contributed by atoms with Gasteiger partial charge in [0.15, 0.2) is 0 Å². The van der Waals surface area contributed by atoms with Gasteiger partial charge in [0.1, 0.15) is 12.0 Å². The molecule has 0 unspecified atom stereocenters. The van der Waals surface area contributed by atoms with Crippen LogP contribution < -0.4 is 5.32 Å². The van der Waals surface area contributed by atoms with E-state index in [2.05, 4.69) is 27.9 Å². The molecule has 20 heavy (non-hydrogen) atoms. The summed E-state index contributed by atoms with van der Waals surface area (Å²) in [6, 6.07) is 7.48. The molecule has 0 aliphatic rings. The Bertz CT molecular complexity index is 577. The quantitative estimate of drug-likeness (QED) is 0.649. The lowest BCUT2D eigenvalue weighted by Crippen LogP contribution is -2.17. The van der Waals surface area contributed by atoms with Crippen LogP contribution in [-0.2, 0) is 13.5 Å². The van der Waals surface area contributed by atoms with E-state index < -0.39 is 4.92 Å². The molecule has 0 aliphatic carbocycles. The Morgan fingerprint density at radius 3 is 2.80 bits per heavy atom. The zero-order valence-electron chi connectivity index (χ0n) is 11.6. The second kappa shape index (κ2) is 6.18. The number of aryl methyl sites for hydroxylation is 2. The lowest BCUT2D eigenvalue weighted by Gasteiger charge is -2.14. The third kappa shape index (κ3) is 3.57. The minimum Gasteiger partial charge on any atom is -0.368 e. The molecule has 106 valence electrons. The Hall–Kier alpha value is -2.37. The molecule has 0 aliphatic heterocycles. The van der Waals surface area contributed by atoms with Crippen LogP contribution in [0.4, 0.5) is 11.5 Å². The minimum absolute atomic E-state index is 0.00649. The molecule has 6 heteroatoms. The second-order valence-electron chi connectivity index (χ2n) is 4.85. The molecule has 0 aromatic carbocycles. The van der Waals surface area contributed by atoms with Crippen LogP contribution in [0.2, 0.25) is 0 Å². The summed E-state index contributed by atoms with van der Waals surface area (Å²) in [4.78, 5) is 14.1. The summed E-state index contributed by atoms with van der Waals surface area (Å²) in [6.07, 6.45) is 5.25. The molecule has 0 radical (unpaired) electrons. The van der Waals surface area contributed by atoms with Gasteiger partial charge in [0.2, 0.25) is 0 Å². The summed E-state index contributed by atoms with van der Waals surface area (Å²) in [5.41, 5.74) is 1.29. The van der Waals surface area contributed by atoms with Crippen LogP contribution in [0.25, 0.3) is 0 Å². The van der Waals surface area contributed by atoms with Crippen molar-refractivity contribution >= 4 is 11.5 Å². The monoisotopic (exact) mass is 274 g/mol. The van der Waals surface area contributed by atoms with Gasteiger partial charge >= 0.3 is 0 Å². The fourth-order valence-corrected chi connectivity index (χ4v) is 2.02. The van der Waals surface area contributed by atoms with Crippen molar-refractivity contribution in [1.82, 2.24) is 9.55 Å². The number of pyridine rings is 1. The Balaban J connectivity index is 1.86. The normalized spacial score (nSPS) is 12.1. The predicted octanol–water partition coefficient (Wildman–Crippen LogP) is 2.76. The number of nitrogens with one attached hydrogen (secondary N) is 1. The fraction of sp³-hybridized carbons (Fsp3) is 0.357. The van der Waals surface area contributed by atoms with Crippen LogP contribution in [0.5, 0.6) is 0 Å². The smallest absolute Gasteiger partial charge is 0.287 e. The van der Waals surface area contributed by atoms with Crippen molar-refractivity contribution in [2.24, 2.45) is 7.05 Å². The second-order valence-corrected chi connectivity index (χ2v) is 4.85. The van der Waals surface area contributed by atoms with E-state index in [1.807, 2.05) is 19.3 Å². The van der Waals surface area contributed by atoms with Crippen molar-refractivity contribution in [2.45, 2.75) is 25.8 Å². The topological polar surface area (TPSA) is 73.0 Å². The van der Waals surface area contributed by atoms with E-state index in [4.69, 9.17) is 0 Å². The first-order valence-corrected chi connectivity index (χ1v) is 6.53. The number of aromatic nitrogens is 2. The Morgan fingerprint density at radius 1 is 1.45 bits per heavy atom. The van der Waals surface area contributed by atoms with Crippen LogP contribution in [0.15, 0.2) is 36.7 Å². The molecule has 0 bridgehead atoms. The summed E-state index contributed by atoms with van der Waals surface area (Å²) < 4.78 is 2.11. The molecular formula is C14H18N4O2. The minimum atomic E-state index is -0.449. The number of rotatable bonds is 6. The van der Waals surface area contributed by atoms with Gasteiger partial charge in [-0.3, -0.25) is 10.1 Å². The summed E-state index contributed by atoms with van der Waals surface area (Å²) in [5, 5.41) is 13.8. The predicted molar refractivity (Wildman–Crippen MR) is 77.7 cm³/mol. The Morgan fingerprint density at radius 2 is 2.25 bits per heavy atom. The van der Waals surface area contributed by atoms with Gasteiger partial charge in [0, 0.05) is 31.0 Å². The van der Waals surface area contributed by atoms with Crippen molar-refractivity contribution in [3.63, 3.8) is 0 Å². The molecule has 2 aromatic heterocycles. The molecule has 0 saturated heterocycles. The molecule has 0 spiro atoms. The van der Waals surface area contributed by atoms with Gasteiger partial charge < -0.3 is 9.88 Å². The number of anilines is 1. The molecule has 0 amide bonds. The molecule has 0 fully saturated rings. The van der Waals surface area contributed by atoms with Crippen molar-refractivity contribution in [3.05, 3.63) is 52.5 Å². The highest BCUT2D eigenvalue weighted by molar-refractivity contribution is 5.40. The molecule has 2 aromatic rings. The average Bonchev–Trinajstić information content (AvgIpc) is 2.82. The van der Waals surface area contributed by atoms with E-state index in [9.17, 15) is 10.1 Å². The van der Waals surface area contributed by atoms with E-state index in [0.29, 0.717) is 5.82 Å². The first kappa shape index (κ1) is 14.0. The molecule has 6 nitrogen and oxygen atoms in total. The van der Waals surface area contributed by atoms with E-state index in [-0.39, 0.29) is 11.7 Å². The average molecular weight is 274 g/mol. The Labute approximate surface area is 117 Å². The number of hydrogen-bond acceptors (Lipinski definition) is 4. The highest BCUT2D eigenvalue weighted by Gasteiger charge is 2.08. The van der Waals surface area contributed by atoms with E-state index >= 15 is 0 Å². The fourth-order valence-electron chi connectivity index (χ4n) is 2.02. The van der Waals surface area contributed by atoms with Crippen molar-refractivity contribution in [3.8, 4) is 0 Å².